The summed E-state index contributed by atoms with van der Waals surface area (Å²) < 4.78 is 0. The van der Waals surface area contributed by atoms with E-state index in [1.807, 2.05) is 90.2 Å². The van der Waals surface area contributed by atoms with Crippen LogP contribution >= 0.6 is 0 Å². The van der Waals surface area contributed by atoms with E-state index in [1.54, 1.807) is 6.92 Å². The third-order valence-corrected chi connectivity index (χ3v) is 5.57. The van der Waals surface area contributed by atoms with Crippen LogP contribution in [0.25, 0.3) is 0 Å². The highest BCUT2D eigenvalue weighted by Gasteiger charge is 1.99. The predicted molar refractivity (Wildman–Crippen MR) is 208 cm³/mol. The fourth-order valence-corrected chi connectivity index (χ4v) is 2.61. The quantitative estimate of drug-likeness (QED) is 0.132. The molecule has 0 aromatic rings. The van der Waals surface area contributed by atoms with Crippen LogP contribution in [0.5, 0.6) is 0 Å². The molecule has 1 rings (SSSR count). The molecule has 47 heavy (non-hydrogen) atoms. The molecule has 270 valence electrons. The van der Waals surface area contributed by atoms with Gasteiger partial charge in [-0.2, -0.15) is 0 Å². The van der Waals surface area contributed by atoms with Gasteiger partial charge in [0.1, 0.15) is 26.2 Å². The second-order valence-corrected chi connectivity index (χ2v) is 9.83. The van der Waals surface area contributed by atoms with Crippen molar-refractivity contribution >= 4 is 11.9 Å². The Bertz CT molecular complexity index is 825. The highest BCUT2D eigenvalue weighted by molar-refractivity contribution is 5.66. The molecule has 0 amide bonds. The summed E-state index contributed by atoms with van der Waals surface area (Å²) in [4.78, 5) is 19.7. The fraction of sp³-hybridized carbons (Fsp3) is 0.512. The van der Waals surface area contributed by atoms with E-state index in [1.165, 1.54) is 26.2 Å². The Balaban J connectivity index is -0.000000203. The van der Waals surface area contributed by atoms with Gasteiger partial charge in [0, 0.05) is 12.8 Å². The van der Waals surface area contributed by atoms with E-state index in [4.69, 9.17) is 10.2 Å². The average molecular weight is 659 g/mol. The van der Waals surface area contributed by atoms with Crippen LogP contribution in [0.2, 0.25) is 0 Å². The van der Waals surface area contributed by atoms with E-state index in [-0.39, 0.29) is 12.8 Å². The number of rotatable bonds is 15. The number of carboxylic acid groups (broad SMARTS) is 2. The van der Waals surface area contributed by atoms with Crippen LogP contribution in [0, 0.1) is 0 Å². The molecule has 0 atom stereocenters. The number of quaternary nitrogens is 2. The average Bonchev–Trinajstić information content (AvgIpc) is 3.10. The lowest BCUT2D eigenvalue weighted by Gasteiger charge is -2.04. The van der Waals surface area contributed by atoms with Gasteiger partial charge in [0.25, 0.3) is 0 Å². The normalized spacial score (nSPS) is 12.9. The minimum atomic E-state index is -0.745. The van der Waals surface area contributed by atoms with Gasteiger partial charge < -0.3 is 20.8 Å². The minimum Gasteiger partial charge on any atom is -0.481 e. The SMILES string of the molecule is C/C=C\C.C/C=C\C.C/C=C\C.C1C[NH2+]CC[NH2+]1.CC/C=C\C/C=C\C/C=C\C/C=C\C/C=C\C/C=C\CCC(=O)O.CCC(=O)O. The van der Waals surface area contributed by atoms with Gasteiger partial charge in [0.2, 0.25) is 0 Å². The Morgan fingerprint density at radius 1 is 0.468 bits per heavy atom. The van der Waals surface area contributed by atoms with Gasteiger partial charge in [-0.1, -0.05) is 123 Å². The van der Waals surface area contributed by atoms with Crippen LogP contribution in [0.3, 0.4) is 0 Å². The summed E-state index contributed by atoms with van der Waals surface area (Å²) in [6.07, 6.45) is 44.7. The van der Waals surface area contributed by atoms with Gasteiger partial charge in [-0.05, 0) is 86.5 Å². The zero-order valence-electron chi connectivity index (χ0n) is 31.5. The molecule has 1 saturated heterocycles. The van der Waals surface area contributed by atoms with Gasteiger partial charge in [-0.25, -0.2) is 0 Å². The Morgan fingerprint density at radius 2 is 0.723 bits per heavy atom. The number of carboxylic acids is 2. The molecule has 0 saturated carbocycles. The standard InChI is InChI=1S/C22H32O2.C4H10N2.3C4H8.C3H6O2/c1-2-3-4-5-6-7-8-9-10-11-12-13-14-15-16-17-18-19-20-21-22(23)24;1-2-6-4-3-5-1;3*1-3-4-2;1-2-3(4)5/h3-4,6-7,9-10,12-13,15-16,18-19H,2,5,8,11,14,17,20-21H2,1H3,(H,23,24);5-6H,1-4H2;3*3-4H,1-2H3;2H2,1H3,(H,4,5)/p+2/b4-3-,7-6-,10-9-,13-12-,16-15-,19-18-;;3*4-3-;. The Kier molecular flexibility index (Phi) is 65.5. The summed E-state index contributed by atoms with van der Waals surface area (Å²) >= 11 is 0. The van der Waals surface area contributed by atoms with E-state index in [2.05, 4.69) is 78.3 Å². The first-order chi connectivity index (χ1) is 22.8. The second kappa shape index (κ2) is 58.1. The largest absolute Gasteiger partial charge is 0.481 e. The van der Waals surface area contributed by atoms with Crippen molar-refractivity contribution < 1.29 is 30.4 Å². The lowest BCUT2D eigenvalue weighted by Crippen LogP contribution is -3.04. The van der Waals surface area contributed by atoms with Crippen molar-refractivity contribution in [1.82, 2.24) is 0 Å². The van der Waals surface area contributed by atoms with Crippen molar-refractivity contribution in [2.45, 2.75) is 113 Å². The topological polar surface area (TPSA) is 108 Å². The van der Waals surface area contributed by atoms with Crippen molar-refractivity contribution in [1.29, 1.82) is 0 Å². The van der Waals surface area contributed by atoms with Gasteiger partial charge in [0.15, 0.2) is 0 Å². The highest BCUT2D eigenvalue weighted by Crippen LogP contribution is 1.97. The minimum absolute atomic E-state index is 0.210. The van der Waals surface area contributed by atoms with Gasteiger partial charge in [-0.15, -0.1) is 0 Å². The first-order valence-corrected chi connectivity index (χ1v) is 17.5. The summed E-state index contributed by atoms with van der Waals surface area (Å²) in [6, 6.07) is 0. The van der Waals surface area contributed by atoms with Crippen molar-refractivity contribution in [3.63, 3.8) is 0 Å². The molecule has 0 aromatic heterocycles. The smallest absolute Gasteiger partial charge is 0.303 e. The lowest BCUT2D eigenvalue weighted by atomic mass is 10.2. The molecule has 1 aliphatic rings. The van der Waals surface area contributed by atoms with Crippen molar-refractivity contribution in [3.05, 3.63) is 109 Å². The molecule has 0 bridgehead atoms. The summed E-state index contributed by atoms with van der Waals surface area (Å²) in [6.45, 7) is 21.0. The van der Waals surface area contributed by atoms with Crippen LogP contribution in [-0.2, 0) is 9.59 Å². The zero-order chi connectivity index (χ0) is 36.5. The van der Waals surface area contributed by atoms with E-state index in [9.17, 15) is 9.59 Å². The number of allylic oxidation sites excluding steroid dienone is 18. The highest BCUT2D eigenvalue weighted by atomic mass is 16.4. The van der Waals surface area contributed by atoms with Crippen LogP contribution in [-0.4, -0.2) is 48.3 Å². The molecule has 0 aromatic carbocycles. The third-order valence-electron chi connectivity index (χ3n) is 5.57. The molecule has 1 aliphatic heterocycles. The van der Waals surface area contributed by atoms with E-state index >= 15 is 0 Å². The fourth-order valence-electron chi connectivity index (χ4n) is 2.61. The molecule has 0 spiro atoms. The third kappa shape index (κ3) is 85.8. The number of aliphatic carboxylic acids is 2. The first kappa shape index (κ1) is 53.0. The van der Waals surface area contributed by atoms with Crippen LogP contribution in [0.4, 0.5) is 0 Å². The van der Waals surface area contributed by atoms with Crippen LogP contribution in [0.15, 0.2) is 109 Å². The Labute approximate surface area is 290 Å². The summed E-state index contributed by atoms with van der Waals surface area (Å²) in [7, 11) is 0. The summed E-state index contributed by atoms with van der Waals surface area (Å²) in [5, 5.41) is 20.9. The number of hydrogen-bond donors (Lipinski definition) is 4. The van der Waals surface area contributed by atoms with Crippen LogP contribution in [0.1, 0.15) is 113 Å². The molecule has 6 heteroatoms. The molecule has 6 N–H and O–H groups in total. The van der Waals surface area contributed by atoms with Gasteiger partial charge in [0.05, 0.1) is 0 Å². The lowest BCUT2D eigenvalue weighted by molar-refractivity contribution is -0.787. The molecular weight excluding hydrogens is 584 g/mol. The summed E-state index contributed by atoms with van der Waals surface area (Å²) in [5.74, 6) is -1.49. The van der Waals surface area contributed by atoms with Crippen molar-refractivity contribution in [3.8, 4) is 0 Å². The van der Waals surface area contributed by atoms with Crippen LogP contribution < -0.4 is 10.6 Å². The van der Waals surface area contributed by atoms with Crippen molar-refractivity contribution in [2.24, 2.45) is 0 Å². The maximum atomic E-state index is 10.3. The number of nitrogens with two attached hydrogens (primary N) is 2. The Morgan fingerprint density at radius 3 is 0.915 bits per heavy atom. The molecule has 6 nitrogen and oxygen atoms in total. The van der Waals surface area contributed by atoms with E-state index < -0.39 is 11.9 Å². The molecular formula is C41H74N2O4+2. The monoisotopic (exact) mass is 659 g/mol. The second-order valence-electron chi connectivity index (χ2n) is 9.83. The number of carbonyl (C=O) groups is 2. The molecule has 0 radical (unpaired) electrons. The molecule has 1 fully saturated rings. The van der Waals surface area contributed by atoms with Gasteiger partial charge >= 0.3 is 11.9 Å². The molecule has 1 heterocycles. The Hall–Kier alpha value is -3.48. The van der Waals surface area contributed by atoms with E-state index in [0.29, 0.717) is 6.42 Å². The van der Waals surface area contributed by atoms with Gasteiger partial charge in [-0.3, -0.25) is 9.59 Å². The predicted octanol–water partition coefficient (Wildman–Crippen LogP) is 8.90. The van der Waals surface area contributed by atoms with Crippen molar-refractivity contribution in [2.75, 3.05) is 26.2 Å². The maximum absolute atomic E-state index is 10.3. The number of hydrogen-bond acceptors (Lipinski definition) is 2. The van der Waals surface area contributed by atoms with E-state index in [0.717, 1.165) is 38.5 Å². The summed E-state index contributed by atoms with van der Waals surface area (Å²) in [5.41, 5.74) is 0. The molecule has 0 aliphatic carbocycles. The number of piperazine rings is 1. The molecule has 0 unspecified atom stereocenters. The first-order valence-electron chi connectivity index (χ1n) is 17.5. The zero-order valence-corrected chi connectivity index (χ0v) is 31.5. The maximum Gasteiger partial charge on any atom is 0.303 e.